The number of piperazine rings is 1. The second-order valence-corrected chi connectivity index (χ2v) is 7.22. The summed E-state index contributed by atoms with van der Waals surface area (Å²) in [6.45, 7) is 5.03. The molecule has 1 saturated heterocycles. The van der Waals surface area contributed by atoms with Gasteiger partial charge in [-0.1, -0.05) is 30.3 Å². The standard InChI is InChI=1S/C20H20N4OS/c1-15-17(14-21-19(22-15)16-6-3-2-4-7-16)20(25)24-11-9-23(10-12-24)18-8-5-13-26-18/h2-8,13-14H,9-12H2,1H3. The van der Waals surface area contributed by atoms with Gasteiger partial charge >= 0.3 is 0 Å². The van der Waals surface area contributed by atoms with Gasteiger partial charge in [0.05, 0.1) is 16.3 Å². The van der Waals surface area contributed by atoms with Crippen LogP contribution in [0.25, 0.3) is 11.4 Å². The Bertz CT molecular complexity index is 887. The molecule has 0 atom stereocenters. The van der Waals surface area contributed by atoms with Gasteiger partial charge < -0.3 is 9.80 Å². The van der Waals surface area contributed by atoms with Crippen LogP contribution in [0.15, 0.2) is 54.0 Å². The second-order valence-electron chi connectivity index (χ2n) is 6.29. The molecule has 6 heteroatoms. The van der Waals surface area contributed by atoms with E-state index in [2.05, 4.69) is 32.4 Å². The number of amides is 1. The van der Waals surface area contributed by atoms with Crippen LogP contribution in [0, 0.1) is 6.92 Å². The molecule has 1 aliphatic rings. The number of thiophene rings is 1. The highest BCUT2D eigenvalue weighted by molar-refractivity contribution is 7.14. The number of nitrogens with zero attached hydrogens (tertiary/aromatic N) is 4. The lowest BCUT2D eigenvalue weighted by molar-refractivity contribution is 0.0745. The van der Waals surface area contributed by atoms with Gasteiger partial charge in [-0.2, -0.15) is 0 Å². The first kappa shape index (κ1) is 16.7. The Labute approximate surface area is 156 Å². The molecular formula is C20H20N4OS. The smallest absolute Gasteiger partial charge is 0.257 e. The fourth-order valence-corrected chi connectivity index (χ4v) is 3.94. The lowest BCUT2D eigenvalue weighted by atomic mass is 10.1. The van der Waals surface area contributed by atoms with E-state index in [4.69, 9.17) is 0 Å². The summed E-state index contributed by atoms with van der Waals surface area (Å²) in [5.41, 5.74) is 2.28. The van der Waals surface area contributed by atoms with Gasteiger partial charge in [-0.3, -0.25) is 4.79 Å². The maximum absolute atomic E-state index is 12.9. The summed E-state index contributed by atoms with van der Waals surface area (Å²) < 4.78 is 0. The quantitative estimate of drug-likeness (QED) is 0.714. The molecule has 0 aliphatic carbocycles. The predicted molar refractivity (Wildman–Crippen MR) is 105 cm³/mol. The van der Waals surface area contributed by atoms with Crippen LogP contribution in [-0.4, -0.2) is 47.0 Å². The summed E-state index contributed by atoms with van der Waals surface area (Å²) in [5, 5.41) is 3.35. The van der Waals surface area contributed by atoms with Crippen LogP contribution in [0.5, 0.6) is 0 Å². The zero-order valence-corrected chi connectivity index (χ0v) is 15.4. The summed E-state index contributed by atoms with van der Waals surface area (Å²) in [7, 11) is 0. The molecule has 0 unspecified atom stereocenters. The third-order valence-corrected chi connectivity index (χ3v) is 5.56. The number of rotatable bonds is 3. The van der Waals surface area contributed by atoms with Crippen LogP contribution < -0.4 is 4.90 Å². The Morgan fingerprint density at radius 3 is 2.46 bits per heavy atom. The normalized spacial score (nSPS) is 14.5. The molecule has 132 valence electrons. The molecule has 0 spiro atoms. The van der Waals surface area contributed by atoms with E-state index in [9.17, 15) is 4.79 Å². The monoisotopic (exact) mass is 364 g/mol. The fraction of sp³-hybridized carbons (Fsp3) is 0.250. The van der Waals surface area contributed by atoms with E-state index in [0.717, 1.165) is 37.4 Å². The Kier molecular flexibility index (Phi) is 4.67. The van der Waals surface area contributed by atoms with Crippen LogP contribution in [0.4, 0.5) is 5.00 Å². The van der Waals surface area contributed by atoms with E-state index in [1.807, 2.05) is 42.2 Å². The minimum absolute atomic E-state index is 0.0212. The summed E-state index contributed by atoms with van der Waals surface area (Å²) in [5.74, 6) is 0.676. The molecule has 26 heavy (non-hydrogen) atoms. The minimum Gasteiger partial charge on any atom is -0.360 e. The van der Waals surface area contributed by atoms with Crippen molar-refractivity contribution < 1.29 is 4.79 Å². The average molecular weight is 364 g/mol. The molecule has 2 aromatic heterocycles. The van der Waals surface area contributed by atoms with Crippen molar-refractivity contribution >= 4 is 22.2 Å². The molecular weight excluding hydrogens is 344 g/mol. The van der Waals surface area contributed by atoms with Crippen LogP contribution in [-0.2, 0) is 0 Å². The summed E-state index contributed by atoms with van der Waals surface area (Å²) in [4.78, 5) is 26.1. The first-order valence-electron chi connectivity index (χ1n) is 8.69. The van der Waals surface area contributed by atoms with Crippen molar-refractivity contribution in [2.45, 2.75) is 6.92 Å². The largest absolute Gasteiger partial charge is 0.360 e. The van der Waals surface area contributed by atoms with Gasteiger partial charge in [-0.25, -0.2) is 9.97 Å². The number of aryl methyl sites for hydroxylation is 1. The molecule has 0 radical (unpaired) electrons. The molecule has 3 aromatic rings. The SMILES string of the molecule is Cc1nc(-c2ccccc2)ncc1C(=O)N1CCN(c2cccs2)CC1. The number of aromatic nitrogens is 2. The molecule has 0 bridgehead atoms. The molecule has 3 heterocycles. The molecule has 5 nitrogen and oxygen atoms in total. The van der Waals surface area contributed by atoms with E-state index in [1.54, 1.807) is 17.5 Å². The molecule has 1 aromatic carbocycles. The molecule has 4 rings (SSSR count). The first-order valence-corrected chi connectivity index (χ1v) is 9.57. The maximum Gasteiger partial charge on any atom is 0.257 e. The number of anilines is 1. The van der Waals surface area contributed by atoms with Crippen molar-refractivity contribution in [2.24, 2.45) is 0 Å². The Morgan fingerprint density at radius 1 is 1.04 bits per heavy atom. The van der Waals surface area contributed by atoms with Gasteiger partial charge in [-0.05, 0) is 24.4 Å². The Hall–Kier alpha value is -2.73. The average Bonchev–Trinajstić information content (AvgIpc) is 3.23. The Morgan fingerprint density at radius 2 is 1.81 bits per heavy atom. The lowest BCUT2D eigenvalue weighted by Gasteiger charge is -2.35. The second kappa shape index (κ2) is 7.25. The molecule has 1 amide bonds. The van der Waals surface area contributed by atoms with Gasteiger partial charge in [-0.15, -0.1) is 11.3 Å². The highest BCUT2D eigenvalue weighted by Gasteiger charge is 2.24. The lowest BCUT2D eigenvalue weighted by Crippen LogP contribution is -2.48. The van der Waals surface area contributed by atoms with Gasteiger partial charge in [0.25, 0.3) is 5.91 Å². The molecule has 1 aliphatic heterocycles. The van der Waals surface area contributed by atoms with Crippen molar-refractivity contribution in [3.8, 4) is 11.4 Å². The predicted octanol–water partition coefficient (Wildman–Crippen LogP) is 3.48. The summed E-state index contributed by atoms with van der Waals surface area (Å²) >= 11 is 1.74. The zero-order valence-electron chi connectivity index (χ0n) is 14.6. The van der Waals surface area contributed by atoms with E-state index in [1.165, 1.54) is 5.00 Å². The highest BCUT2D eigenvalue weighted by atomic mass is 32.1. The van der Waals surface area contributed by atoms with E-state index < -0.39 is 0 Å². The third kappa shape index (κ3) is 3.32. The third-order valence-electron chi connectivity index (χ3n) is 4.63. The van der Waals surface area contributed by atoms with Crippen LogP contribution in [0.2, 0.25) is 0 Å². The molecule has 0 N–H and O–H groups in total. The van der Waals surface area contributed by atoms with Gasteiger partial charge in [0, 0.05) is 37.9 Å². The van der Waals surface area contributed by atoms with E-state index in [-0.39, 0.29) is 5.91 Å². The maximum atomic E-state index is 12.9. The van der Waals surface area contributed by atoms with Crippen molar-refractivity contribution in [3.63, 3.8) is 0 Å². The zero-order chi connectivity index (χ0) is 17.9. The molecule has 0 saturated carbocycles. The van der Waals surface area contributed by atoms with Gasteiger partial charge in [0.1, 0.15) is 0 Å². The number of carbonyl (C=O) groups excluding carboxylic acids is 1. The minimum atomic E-state index is 0.0212. The highest BCUT2D eigenvalue weighted by Crippen LogP contribution is 2.23. The van der Waals surface area contributed by atoms with E-state index >= 15 is 0 Å². The van der Waals surface area contributed by atoms with Crippen LogP contribution in [0.3, 0.4) is 0 Å². The number of hydrogen-bond donors (Lipinski definition) is 0. The topological polar surface area (TPSA) is 49.3 Å². The van der Waals surface area contributed by atoms with Crippen molar-refractivity contribution in [3.05, 3.63) is 65.3 Å². The first-order chi connectivity index (χ1) is 12.7. The van der Waals surface area contributed by atoms with Crippen molar-refractivity contribution in [1.82, 2.24) is 14.9 Å². The summed E-state index contributed by atoms with van der Waals surface area (Å²) in [6.07, 6.45) is 1.67. The number of carbonyl (C=O) groups is 1. The summed E-state index contributed by atoms with van der Waals surface area (Å²) in [6, 6.07) is 14.0. The van der Waals surface area contributed by atoms with E-state index in [0.29, 0.717) is 11.4 Å². The van der Waals surface area contributed by atoms with Gasteiger partial charge in [0.2, 0.25) is 0 Å². The Balaban J connectivity index is 1.47. The molecule has 1 fully saturated rings. The van der Waals surface area contributed by atoms with Crippen molar-refractivity contribution in [1.29, 1.82) is 0 Å². The van der Waals surface area contributed by atoms with Crippen LogP contribution in [0.1, 0.15) is 16.1 Å². The fourth-order valence-electron chi connectivity index (χ4n) is 3.15. The van der Waals surface area contributed by atoms with Gasteiger partial charge in [0.15, 0.2) is 5.82 Å². The number of benzene rings is 1. The number of hydrogen-bond acceptors (Lipinski definition) is 5. The van der Waals surface area contributed by atoms with Crippen molar-refractivity contribution in [2.75, 3.05) is 31.1 Å². The van der Waals surface area contributed by atoms with Crippen LogP contribution >= 0.6 is 11.3 Å².